The molecule has 0 fully saturated rings. The molecule has 0 aliphatic carbocycles. The predicted octanol–water partition coefficient (Wildman–Crippen LogP) is -0.108. The Bertz CT molecular complexity index is 281. The molecule has 5 heteroatoms. The molecule has 2 N–H and O–H groups in total. The molecule has 1 aromatic heterocycles. The molecular formula is C8H14N4O. The van der Waals surface area contributed by atoms with Gasteiger partial charge in [0.15, 0.2) is 0 Å². The summed E-state index contributed by atoms with van der Waals surface area (Å²) < 4.78 is 1.80. The van der Waals surface area contributed by atoms with Gasteiger partial charge in [0.1, 0.15) is 0 Å². The Morgan fingerprint density at radius 2 is 2.46 bits per heavy atom. The fraction of sp³-hybridized carbons (Fsp3) is 0.500. The van der Waals surface area contributed by atoms with Crippen LogP contribution in [0.1, 0.15) is 5.69 Å². The van der Waals surface area contributed by atoms with Crippen molar-refractivity contribution in [1.29, 1.82) is 0 Å². The maximum Gasteiger partial charge on any atom is 0.314 e. The molecule has 0 radical (unpaired) electrons. The minimum atomic E-state index is -0.151. The summed E-state index contributed by atoms with van der Waals surface area (Å²) in [6, 6.07) is 1.79. The van der Waals surface area contributed by atoms with Crippen molar-refractivity contribution in [3.05, 3.63) is 18.0 Å². The number of nitrogens with one attached hydrogen (secondary N) is 2. The van der Waals surface area contributed by atoms with Crippen LogP contribution in [0.15, 0.2) is 12.3 Å². The first-order valence-electron chi connectivity index (χ1n) is 4.16. The Kier molecular flexibility index (Phi) is 3.31. The minimum absolute atomic E-state index is 0.151. The maximum absolute atomic E-state index is 10.8. The first-order valence-corrected chi connectivity index (χ1v) is 4.16. The zero-order valence-electron chi connectivity index (χ0n) is 7.87. The quantitative estimate of drug-likeness (QED) is 0.685. The van der Waals surface area contributed by atoms with Crippen molar-refractivity contribution in [3.63, 3.8) is 0 Å². The summed E-state index contributed by atoms with van der Waals surface area (Å²) in [4.78, 5) is 10.8. The van der Waals surface area contributed by atoms with Gasteiger partial charge in [0, 0.05) is 39.0 Å². The highest BCUT2D eigenvalue weighted by Crippen LogP contribution is 1.95. The van der Waals surface area contributed by atoms with Gasteiger partial charge in [-0.2, -0.15) is 5.10 Å². The normalized spacial score (nSPS) is 9.69. The number of amides is 2. The molecule has 0 atom stereocenters. The second-order valence-electron chi connectivity index (χ2n) is 2.70. The summed E-state index contributed by atoms with van der Waals surface area (Å²) in [5.74, 6) is 0. The van der Waals surface area contributed by atoms with Crippen molar-refractivity contribution in [2.75, 3.05) is 13.6 Å². The number of urea groups is 1. The van der Waals surface area contributed by atoms with Crippen LogP contribution in [0.3, 0.4) is 0 Å². The van der Waals surface area contributed by atoms with Gasteiger partial charge in [0.05, 0.1) is 0 Å². The second-order valence-corrected chi connectivity index (χ2v) is 2.70. The van der Waals surface area contributed by atoms with Crippen LogP contribution in [0, 0.1) is 0 Å². The highest BCUT2D eigenvalue weighted by molar-refractivity contribution is 5.73. The molecule has 13 heavy (non-hydrogen) atoms. The van der Waals surface area contributed by atoms with Crippen molar-refractivity contribution in [1.82, 2.24) is 20.4 Å². The third-order valence-electron chi connectivity index (χ3n) is 1.82. The lowest BCUT2D eigenvalue weighted by Crippen LogP contribution is -2.34. The fourth-order valence-corrected chi connectivity index (χ4v) is 1.04. The third kappa shape index (κ3) is 2.77. The number of carbonyl (C=O) groups is 1. The average Bonchev–Trinajstić information content (AvgIpc) is 2.52. The molecule has 1 aromatic rings. The van der Waals surface area contributed by atoms with Gasteiger partial charge in [0.2, 0.25) is 0 Å². The molecule has 5 nitrogen and oxygen atoms in total. The summed E-state index contributed by atoms with van der Waals surface area (Å²) in [5, 5.41) is 9.22. The number of aromatic nitrogens is 2. The number of hydrogen-bond acceptors (Lipinski definition) is 2. The van der Waals surface area contributed by atoms with E-state index in [0.29, 0.717) is 6.54 Å². The Labute approximate surface area is 77.1 Å². The molecule has 0 saturated heterocycles. The fourth-order valence-electron chi connectivity index (χ4n) is 1.04. The highest BCUT2D eigenvalue weighted by atomic mass is 16.2. The van der Waals surface area contributed by atoms with Crippen LogP contribution in [0.4, 0.5) is 4.79 Å². The molecule has 0 bridgehead atoms. The lowest BCUT2D eigenvalue weighted by molar-refractivity contribution is 0.243. The van der Waals surface area contributed by atoms with Crippen molar-refractivity contribution in [2.45, 2.75) is 6.42 Å². The van der Waals surface area contributed by atoms with Gasteiger partial charge in [-0.25, -0.2) is 4.79 Å². The number of rotatable bonds is 3. The molecular weight excluding hydrogens is 168 g/mol. The minimum Gasteiger partial charge on any atom is -0.341 e. The Balaban J connectivity index is 2.28. The van der Waals surface area contributed by atoms with Gasteiger partial charge in [-0.15, -0.1) is 0 Å². The summed E-state index contributed by atoms with van der Waals surface area (Å²) >= 11 is 0. The molecule has 0 saturated carbocycles. The lowest BCUT2D eigenvalue weighted by atomic mass is 10.3. The predicted molar refractivity (Wildman–Crippen MR) is 49.4 cm³/mol. The van der Waals surface area contributed by atoms with Gasteiger partial charge in [-0.1, -0.05) is 0 Å². The van der Waals surface area contributed by atoms with Crippen molar-refractivity contribution < 1.29 is 4.79 Å². The first kappa shape index (κ1) is 9.57. The molecule has 0 spiro atoms. The number of aryl methyl sites for hydroxylation is 1. The first-order chi connectivity index (χ1) is 6.24. The Morgan fingerprint density at radius 3 is 3.00 bits per heavy atom. The second kappa shape index (κ2) is 4.49. The van der Waals surface area contributed by atoms with E-state index in [1.807, 2.05) is 13.1 Å². The van der Waals surface area contributed by atoms with Crippen molar-refractivity contribution in [3.8, 4) is 0 Å². The van der Waals surface area contributed by atoms with Crippen LogP contribution < -0.4 is 10.6 Å². The standard InChI is InChI=1S/C8H14N4O/c1-9-8(13)10-5-3-7-4-6-11-12(7)2/h4,6H,3,5H2,1-2H3,(H2,9,10,13). The molecule has 0 aromatic carbocycles. The molecule has 0 aliphatic rings. The monoisotopic (exact) mass is 182 g/mol. The van der Waals surface area contributed by atoms with Gasteiger partial charge in [-0.3, -0.25) is 4.68 Å². The molecule has 2 amide bonds. The van der Waals surface area contributed by atoms with E-state index in [4.69, 9.17) is 0 Å². The van der Waals surface area contributed by atoms with E-state index in [-0.39, 0.29) is 6.03 Å². The van der Waals surface area contributed by atoms with E-state index in [1.165, 1.54) is 0 Å². The highest BCUT2D eigenvalue weighted by Gasteiger charge is 1.99. The zero-order chi connectivity index (χ0) is 9.68. The summed E-state index contributed by atoms with van der Waals surface area (Å²) in [5.41, 5.74) is 1.11. The van der Waals surface area contributed by atoms with E-state index >= 15 is 0 Å². The van der Waals surface area contributed by atoms with Gasteiger partial charge in [-0.05, 0) is 6.07 Å². The van der Waals surface area contributed by atoms with Gasteiger partial charge in [0.25, 0.3) is 0 Å². The van der Waals surface area contributed by atoms with Gasteiger partial charge < -0.3 is 10.6 Å². The van der Waals surface area contributed by atoms with Crippen LogP contribution in [-0.2, 0) is 13.5 Å². The van der Waals surface area contributed by atoms with Crippen LogP contribution >= 0.6 is 0 Å². The average molecular weight is 182 g/mol. The third-order valence-corrected chi connectivity index (χ3v) is 1.82. The molecule has 0 unspecified atom stereocenters. The smallest absolute Gasteiger partial charge is 0.314 e. The summed E-state index contributed by atoms with van der Waals surface area (Å²) in [6.07, 6.45) is 2.54. The molecule has 1 rings (SSSR count). The number of carbonyl (C=O) groups excluding carboxylic acids is 1. The van der Waals surface area contributed by atoms with E-state index in [0.717, 1.165) is 12.1 Å². The van der Waals surface area contributed by atoms with Crippen LogP contribution in [0.5, 0.6) is 0 Å². The number of nitrogens with zero attached hydrogens (tertiary/aromatic N) is 2. The summed E-state index contributed by atoms with van der Waals surface area (Å²) in [6.45, 7) is 0.624. The van der Waals surface area contributed by atoms with Crippen LogP contribution in [0.2, 0.25) is 0 Å². The Morgan fingerprint density at radius 1 is 1.69 bits per heavy atom. The van der Waals surface area contributed by atoms with E-state index in [2.05, 4.69) is 15.7 Å². The van der Waals surface area contributed by atoms with E-state index in [1.54, 1.807) is 17.9 Å². The molecule has 0 aliphatic heterocycles. The van der Waals surface area contributed by atoms with E-state index in [9.17, 15) is 4.79 Å². The van der Waals surface area contributed by atoms with Gasteiger partial charge >= 0.3 is 6.03 Å². The van der Waals surface area contributed by atoms with Crippen molar-refractivity contribution in [2.24, 2.45) is 7.05 Å². The zero-order valence-corrected chi connectivity index (χ0v) is 7.87. The lowest BCUT2D eigenvalue weighted by Gasteiger charge is -2.04. The Hall–Kier alpha value is -1.52. The molecule has 1 heterocycles. The maximum atomic E-state index is 10.8. The van der Waals surface area contributed by atoms with E-state index < -0.39 is 0 Å². The molecule has 72 valence electrons. The summed E-state index contributed by atoms with van der Waals surface area (Å²) in [7, 11) is 3.48. The largest absolute Gasteiger partial charge is 0.341 e. The van der Waals surface area contributed by atoms with Crippen LogP contribution in [-0.4, -0.2) is 29.4 Å². The van der Waals surface area contributed by atoms with Crippen molar-refractivity contribution >= 4 is 6.03 Å². The number of hydrogen-bond donors (Lipinski definition) is 2. The van der Waals surface area contributed by atoms with Crippen LogP contribution in [0.25, 0.3) is 0 Å². The topological polar surface area (TPSA) is 59.0 Å². The SMILES string of the molecule is CNC(=O)NCCc1ccnn1C.